The lowest BCUT2D eigenvalue weighted by molar-refractivity contribution is 0.592. The summed E-state index contributed by atoms with van der Waals surface area (Å²) in [6.45, 7) is 4.35. The van der Waals surface area contributed by atoms with Gasteiger partial charge in [0.05, 0.1) is 11.8 Å². The highest BCUT2D eigenvalue weighted by Crippen LogP contribution is 2.32. The highest BCUT2D eigenvalue weighted by atomic mass is 14.9. The van der Waals surface area contributed by atoms with Gasteiger partial charge >= 0.3 is 0 Å². The number of rotatable bonds is 2. The highest BCUT2D eigenvalue weighted by Gasteiger charge is 2.26. The van der Waals surface area contributed by atoms with E-state index >= 15 is 0 Å². The fraction of sp³-hybridized carbons (Fsp3) is 0.222. The van der Waals surface area contributed by atoms with Crippen molar-refractivity contribution >= 4 is 12.1 Å². The third-order valence-electron chi connectivity index (χ3n) is 3.91. The summed E-state index contributed by atoms with van der Waals surface area (Å²) in [6.07, 6.45) is 1.71. The third-order valence-corrected chi connectivity index (χ3v) is 3.91. The van der Waals surface area contributed by atoms with Crippen molar-refractivity contribution in [2.24, 2.45) is 15.9 Å². The van der Waals surface area contributed by atoms with Crippen LogP contribution in [0.2, 0.25) is 0 Å². The fourth-order valence-corrected chi connectivity index (χ4v) is 2.78. The van der Waals surface area contributed by atoms with Gasteiger partial charge in [-0.25, -0.2) is 4.99 Å². The highest BCUT2D eigenvalue weighted by molar-refractivity contribution is 6.06. The van der Waals surface area contributed by atoms with Crippen LogP contribution in [0.25, 0.3) is 0 Å². The number of hydrogen-bond acceptors (Lipinski definition) is 2. The molecule has 2 aromatic carbocycles. The predicted molar refractivity (Wildman–Crippen MR) is 84.6 cm³/mol. The van der Waals surface area contributed by atoms with E-state index in [1.54, 1.807) is 6.34 Å². The fourth-order valence-electron chi connectivity index (χ4n) is 2.78. The Balaban J connectivity index is 1.97. The molecule has 2 nitrogen and oxygen atoms in total. The molecule has 2 atom stereocenters. The molecule has 0 aromatic heterocycles. The van der Waals surface area contributed by atoms with E-state index in [1.165, 1.54) is 16.7 Å². The van der Waals surface area contributed by atoms with E-state index in [0.29, 0.717) is 0 Å². The Hall–Kier alpha value is -2.22. The lowest BCUT2D eigenvalue weighted by Gasteiger charge is -2.26. The van der Waals surface area contributed by atoms with Gasteiger partial charge in [0.1, 0.15) is 6.34 Å². The molecule has 0 spiro atoms. The SMILES string of the molecule is Cc1ccccc1C1N=CN=C(c2ccccc2)C1C. The van der Waals surface area contributed by atoms with E-state index in [2.05, 4.69) is 72.4 Å². The maximum Gasteiger partial charge on any atom is 0.110 e. The van der Waals surface area contributed by atoms with Crippen LogP contribution in [0.15, 0.2) is 64.6 Å². The molecule has 100 valence electrons. The second-order valence-electron chi connectivity index (χ2n) is 5.24. The molecule has 20 heavy (non-hydrogen) atoms. The first kappa shape index (κ1) is 12.8. The smallest absolute Gasteiger partial charge is 0.110 e. The van der Waals surface area contributed by atoms with Crippen LogP contribution >= 0.6 is 0 Å². The van der Waals surface area contributed by atoms with Crippen LogP contribution in [0.3, 0.4) is 0 Å². The largest absolute Gasteiger partial charge is 0.265 e. The van der Waals surface area contributed by atoms with E-state index in [-0.39, 0.29) is 12.0 Å². The summed E-state index contributed by atoms with van der Waals surface area (Å²) in [5, 5.41) is 0. The zero-order chi connectivity index (χ0) is 13.9. The molecule has 1 aliphatic heterocycles. The van der Waals surface area contributed by atoms with Gasteiger partial charge in [0.25, 0.3) is 0 Å². The number of nitrogens with zero attached hydrogens (tertiary/aromatic N) is 2. The monoisotopic (exact) mass is 262 g/mol. The van der Waals surface area contributed by atoms with E-state index in [4.69, 9.17) is 0 Å². The topological polar surface area (TPSA) is 24.7 Å². The lowest BCUT2D eigenvalue weighted by Crippen LogP contribution is -2.23. The van der Waals surface area contributed by atoms with Gasteiger partial charge in [0.2, 0.25) is 0 Å². The summed E-state index contributed by atoms with van der Waals surface area (Å²) in [5.74, 6) is 0.281. The Bertz CT molecular complexity index is 656. The standard InChI is InChI=1S/C18H18N2/c1-13-8-6-7-11-16(13)18-14(2)17(19-12-20-18)15-9-4-3-5-10-15/h3-12,14,18H,1-2H3. The van der Waals surface area contributed by atoms with Crippen molar-refractivity contribution in [3.05, 3.63) is 71.3 Å². The molecule has 2 aromatic rings. The molecule has 1 aliphatic rings. The number of aliphatic imine (C=N–C) groups is 2. The van der Waals surface area contributed by atoms with Gasteiger partial charge in [0, 0.05) is 5.92 Å². The molecule has 0 amide bonds. The van der Waals surface area contributed by atoms with Gasteiger partial charge in [-0.2, -0.15) is 0 Å². The van der Waals surface area contributed by atoms with Gasteiger partial charge in [-0.3, -0.25) is 4.99 Å². The molecule has 0 aliphatic carbocycles. The molecule has 3 rings (SSSR count). The first-order valence-electron chi connectivity index (χ1n) is 6.97. The van der Waals surface area contributed by atoms with Crippen molar-refractivity contribution in [3.8, 4) is 0 Å². The zero-order valence-corrected chi connectivity index (χ0v) is 11.8. The van der Waals surface area contributed by atoms with Crippen LogP contribution in [0, 0.1) is 12.8 Å². The van der Waals surface area contributed by atoms with Crippen LogP contribution in [0.4, 0.5) is 0 Å². The van der Waals surface area contributed by atoms with Crippen LogP contribution in [-0.2, 0) is 0 Å². The van der Waals surface area contributed by atoms with Gasteiger partial charge in [-0.15, -0.1) is 0 Å². The summed E-state index contributed by atoms with van der Waals surface area (Å²) < 4.78 is 0. The van der Waals surface area contributed by atoms with Crippen molar-refractivity contribution < 1.29 is 0 Å². The van der Waals surface area contributed by atoms with Gasteiger partial charge < -0.3 is 0 Å². The molecule has 0 bridgehead atoms. The summed E-state index contributed by atoms with van der Waals surface area (Å²) in [6, 6.07) is 19.0. The van der Waals surface area contributed by atoms with Crippen molar-refractivity contribution in [3.63, 3.8) is 0 Å². The molecule has 0 N–H and O–H groups in total. The van der Waals surface area contributed by atoms with Crippen molar-refractivity contribution in [1.29, 1.82) is 0 Å². The van der Waals surface area contributed by atoms with E-state index in [1.807, 2.05) is 6.07 Å². The zero-order valence-electron chi connectivity index (χ0n) is 11.8. The van der Waals surface area contributed by atoms with Gasteiger partial charge in [-0.05, 0) is 23.6 Å². The number of aryl methyl sites for hydroxylation is 1. The third kappa shape index (κ3) is 2.29. The van der Waals surface area contributed by atoms with Gasteiger partial charge in [0.15, 0.2) is 0 Å². The number of benzene rings is 2. The minimum atomic E-state index is 0.156. The lowest BCUT2D eigenvalue weighted by atomic mass is 9.85. The van der Waals surface area contributed by atoms with Crippen molar-refractivity contribution in [2.75, 3.05) is 0 Å². The second kappa shape index (κ2) is 5.41. The molecule has 2 heteroatoms. The molecule has 0 fully saturated rings. The molecular weight excluding hydrogens is 244 g/mol. The number of hydrogen-bond donors (Lipinski definition) is 0. The summed E-state index contributed by atoms with van der Waals surface area (Å²) in [7, 11) is 0. The van der Waals surface area contributed by atoms with Crippen LogP contribution in [0.5, 0.6) is 0 Å². The molecular formula is C18H18N2. The summed E-state index contributed by atoms with van der Waals surface area (Å²) in [4.78, 5) is 9.12. The Morgan fingerprint density at radius 1 is 0.900 bits per heavy atom. The van der Waals surface area contributed by atoms with Crippen LogP contribution in [-0.4, -0.2) is 12.1 Å². The van der Waals surface area contributed by atoms with Crippen LogP contribution < -0.4 is 0 Å². The van der Waals surface area contributed by atoms with Crippen molar-refractivity contribution in [2.45, 2.75) is 19.9 Å². The predicted octanol–water partition coefficient (Wildman–Crippen LogP) is 4.20. The Morgan fingerprint density at radius 2 is 1.60 bits per heavy atom. The molecule has 2 unspecified atom stereocenters. The van der Waals surface area contributed by atoms with Crippen LogP contribution in [0.1, 0.15) is 29.7 Å². The molecule has 0 radical (unpaired) electrons. The first-order chi connectivity index (χ1) is 9.77. The summed E-state index contributed by atoms with van der Waals surface area (Å²) in [5.41, 5.74) is 4.88. The quantitative estimate of drug-likeness (QED) is 0.774. The summed E-state index contributed by atoms with van der Waals surface area (Å²) >= 11 is 0. The van der Waals surface area contributed by atoms with E-state index in [0.717, 1.165) is 5.71 Å². The minimum Gasteiger partial charge on any atom is -0.265 e. The maximum absolute atomic E-state index is 4.60. The van der Waals surface area contributed by atoms with Crippen molar-refractivity contribution in [1.82, 2.24) is 0 Å². The van der Waals surface area contributed by atoms with E-state index < -0.39 is 0 Å². The first-order valence-corrected chi connectivity index (χ1v) is 6.97. The molecule has 0 saturated carbocycles. The van der Waals surface area contributed by atoms with E-state index in [9.17, 15) is 0 Å². The average Bonchev–Trinajstić information content (AvgIpc) is 2.49. The molecule has 1 heterocycles. The Kier molecular flexibility index (Phi) is 3.46. The maximum atomic E-state index is 4.60. The normalized spacial score (nSPS) is 21.6. The minimum absolute atomic E-state index is 0.156. The Morgan fingerprint density at radius 3 is 2.35 bits per heavy atom. The Labute approximate surface area is 119 Å². The average molecular weight is 262 g/mol. The molecule has 0 saturated heterocycles. The second-order valence-corrected chi connectivity index (χ2v) is 5.24. The van der Waals surface area contributed by atoms with Gasteiger partial charge in [-0.1, -0.05) is 61.5 Å².